The van der Waals surface area contributed by atoms with Gasteiger partial charge >= 0.3 is 5.97 Å². The van der Waals surface area contributed by atoms with Crippen molar-refractivity contribution in [1.82, 2.24) is 0 Å². The Hall–Kier alpha value is -1.88. The van der Waals surface area contributed by atoms with E-state index in [0.717, 1.165) is 5.69 Å². The average molecular weight is 338 g/mol. The second-order valence-electron chi connectivity index (χ2n) is 4.39. The van der Waals surface area contributed by atoms with Gasteiger partial charge in [-0.3, -0.25) is 0 Å². The van der Waals surface area contributed by atoms with Gasteiger partial charge in [-0.15, -0.1) is 0 Å². The molecule has 0 aromatic heterocycles. The summed E-state index contributed by atoms with van der Waals surface area (Å²) in [5, 5.41) is 12.1. The lowest BCUT2D eigenvalue weighted by atomic mass is 10.1. The summed E-state index contributed by atoms with van der Waals surface area (Å²) in [5.74, 6) is -1.26. The lowest BCUT2D eigenvalue weighted by molar-refractivity contribution is 0.0696. The highest BCUT2D eigenvalue weighted by Crippen LogP contribution is 2.26. The van der Waals surface area contributed by atoms with Crippen molar-refractivity contribution in [3.05, 3.63) is 63.9 Å². The Kier molecular flexibility index (Phi) is 4.39. The van der Waals surface area contributed by atoms with E-state index in [1.54, 1.807) is 30.3 Å². The molecule has 2 rings (SSSR count). The van der Waals surface area contributed by atoms with E-state index in [9.17, 15) is 9.18 Å². The number of hydrogen-bond donors (Lipinski definition) is 2. The number of carbonyl (C=O) groups is 1. The van der Waals surface area contributed by atoms with Crippen molar-refractivity contribution in [2.45, 2.75) is 13.0 Å². The summed E-state index contributed by atoms with van der Waals surface area (Å²) in [6, 6.07) is 11.2. The van der Waals surface area contributed by atoms with Crippen molar-refractivity contribution < 1.29 is 14.3 Å². The van der Waals surface area contributed by atoms with Crippen LogP contribution in [0.15, 0.2) is 46.9 Å². The Bertz CT molecular complexity index is 646. The number of hydrogen-bond acceptors (Lipinski definition) is 2. The van der Waals surface area contributed by atoms with Gasteiger partial charge in [0.2, 0.25) is 0 Å². The molecule has 2 aromatic carbocycles. The van der Waals surface area contributed by atoms with Crippen molar-refractivity contribution >= 4 is 27.6 Å². The molecule has 0 saturated carbocycles. The molecule has 0 amide bonds. The molecule has 0 aliphatic rings. The predicted molar refractivity (Wildman–Crippen MR) is 79.5 cm³/mol. The summed E-state index contributed by atoms with van der Waals surface area (Å²) >= 11 is 3.21. The molecule has 1 unspecified atom stereocenters. The molecule has 1 atom stereocenters. The van der Waals surface area contributed by atoms with Gasteiger partial charge < -0.3 is 10.4 Å². The van der Waals surface area contributed by atoms with Gasteiger partial charge in [0.15, 0.2) is 0 Å². The van der Waals surface area contributed by atoms with Crippen LogP contribution in [-0.4, -0.2) is 11.1 Å². The lowest BCUT2D eigenvalue weighted by Crippen LogP contribution is -2.09. The topological polar surface area (TPSA) is 49.3 Å². The summed E-state index contributed by atoms with van der Waals surface area (Å²) in [7, 11) is 0. The third kappa shape index (κ3) is 3.17. The van der Waals surface area contributed by atoms with Crippen LogP contribution in [-0.2, 0) is 0 Å². The highest BCUT2D eigenvalue weighted by Gasteiger charge is 2.12. The standard InChI is InChI=1S/C15H13BrFNO2/c1-9(11-4-2-3-5-14(11)17)18-10-6-7-12(15(19)20)13(16)8-10/h2-9,18H,1H3,(H,19,20). The van der Waals surface area contributed by atoms with Crippen LogP contribution in [0.3, 0.4) is 0 Å². The molecule has 104 valence electrons. The molecule has 0 aliphatic heterocycles. The summed E-state index contributed by atoms with van der Waals surface area (Å²) in [5.41, 5.74) is 1.47. The number of carboxylic acids is 1. The minimum absolute atomic E-state index is 0.189. The van der Waals surface area contributed by atoms with E-state index >= 15 is 0 Å². The van der Waals surface area contributed by atoms with Gasteiger partial charge in [0.25, 0.3) is 0 Å². The second-order valence-corrected chi connectivity index (χ2v) is 5.24. The van der Waals surface area contributed by atoms with Crippen molar-refractivity contribution in [2.24, 2.45) is 0 Å². The van der Waals surface area contributed by atoms with E-state index in [4.69, 9.17) is 5.11 Å². The maximum atomic E-state index is 13.7. The maximum Gasteiger partial charge on any atom is 0.336 e. The molecule has 2 aromatic rings. The highest BCUT2D eigenvalue weighted by atomic mass is 79.9. The Balaban J connectivity index is 2.20. The Morgan fingerprint density at radius 1 is 1.30 bits per heavy atom. The number of nitrogens with one attached hydrogen (secondary N) is 1. The Labute approximate surface area is 124 Å². The minimum atomic E-state index is -0.995. The first kappa shape index (κ1) is 14.5. The van der Waals surface area contributed by atoms with Gasteiger partial charge in [-0.1, -0.05) is 18.2 Å². The van der Waals surface area contributed by atoms with Gasteiger partial charge in [0.05, 0.1) is 11.6 Å². The normalized spacial score (nSPS) is 11.9. The van der Waals surface area contributed by atoms with Crippen LogP contribution < -0.4 is 5.32 Å². The van der Waals surface area contributed by atoms with Crippen molar-refractivity contribution in [3.8, 4) is 0 Å². The molecule has 0 spiro atoms. The summed E-state index contributed by atoms with van der Waals surface area (Å²) in [6.07, 6.45) is 0. The van der Waals surface area contributed by atoms with Crippen LogP contribution in [0.4, 0.5) is 10.1 Å². The van der Waals surface area contributed by atoms with Crippen LogP contribution in [0, 0.1) is 5.82 Å². The molecule has 3 nitrogen and oxygen atoms in total. The van der Waals surface area contributed by atoms with Gasteiger partial charge in [-0.2, -0.15) is 0 Å². The van der Waals surface area contributed by atoms with Crippen molar-refractivity contribution in [3.63, 3.8) is 0 Å². The number of anilines is 1. The van der Waals surface area contributed by atoms with Crippen LogP contribution in [0.2, 0.25) is 0 Å². The number of aromatic carboxylic acids is 1. The summed E-state index contributed by atoms with van der Waals surface area (Å²) in [4.78, 5) is 10.9. The first-order chi connectivity index (χ1) is 9.49. The molecule has 5 heteroatoms. The molecule has 0 saturated heterocycles. The van der Waals surface area contributed by atoms with E-state index in [1.165, 1.54) is 12.1 Å². The van der Waals surface area contributed by atoms with E-state index in [2.05, 4.69) is 21.2 Å². The zero-order valence-electron chi connectivity index (χ0n) is 10.7. The molecule has 0 fully saturated rings. The number of carboxylic acid groups (broad SMARTS) is 1. The largest absolute Gasteiger partial charge is 0.478 e. The first-order valence-electron chi connectivity index (χ1n) is 6.03. The third-order valence-electron chi connectivity index (χ3n) is 2.95. The number of benzene rings is 2. The molecule has 20 heavy (non-hydrogen) atoms. The zero-order chi connectivity index (χ0) is 14.7. The van der Waals surface area contributed by atoms with Crippen LogP contribution >= 0.6 is 15.9 Å². The fourth-order valence-corrected chi connectivity index (χ4v) is 2.48. The van der Waals surface area contributed by atoms with Crippen molar-refractivity contribution in [2.75, 3.05) is 5.32 Å². The smallest absolute Gasteiger partial charge is 0.336 e. The van der Waals surface area contributed by atoms with Gasteiger partial charge in [-0.05, 0) is 47.1 Å². The SMILES string of the molecule is CC(Nc1ccc(C(=O)O)c(Br)c1)c1ccccc1F. The number of halogens is 2. The Morgan fingerprint density at radius 3 is 2.60 bits per heavy atom. The number of rotatable bonds is 4. The fraction of sp³-hybridized carbons (Fsp3) is 0.133. The molecule has 0 heterocycles. The second kappa shape index (κ2) is 6.05. The molecule has 0 aliphatic carbocycles. The van der Waals surface area contributed by atoms with E-state index in [1.807, 2.05) is 6.92 Å². The Morgan fingerprint density at radius 2 is 2.00 bits per heavy atom. The maximum absolute atomic E-state index is 13.7. The summed E-state index contributed by atoms with van der Waals surface area (Å²) in [6.45, 7) is 1.84. The van der Waals surface area contributed by atoms with Crippen molar-refractivity contribution in [1.29, 1.82) is 0 Å². The van der Waals surface area contributed by atoms with Gasteiger partial charge in [0.1, 0.15) is 5.82 Å². The van der Waals surface area contributed by atoms with Gasteiger partial charge in [0, 0.05) is 15.7 Å². The summed E-state index contributed by atoms with van der Waals surface area (Å²) < 4.78 is 14.1. The quantitative estimate of drug-likeness (QED) is 0.865. The van der Waals surface area contributed by atoms with Gasteiger partial charge in [-0.25, -0.2) is 9.18 Å². The van der Waals surface area contributed by atoms with Crippen LogP contribution in [0.1, 0.15) is 28.9 Å². The molecule has 2 N–H and O–H groups in total. The first-order valence-corrected chi connectivity index (χ1v) is 6.82. The average Bonchev–Trinajstić information content (AvgIpc) is 2.38. The minimum Gasteiger partial charge on any atom is -0.478 e. The highest BCUT2D eigenvalue weighted by molar-refractivity contribution is 9.10. The monoisotopic (exact) mass is 337 g/mol. The molecular formula is C15H13BrFNO2. The lowest BCUT2D eigenvalue weighted by Gasteiger charge is -2.17. The van der Waals surface area contributed by atoms with E-state index in [-0.39, 0.29) is 17.4 Å². The zero-order valence-corrected chi connectivity index (χ0v) is 12.3. The fourth-order valence-electron chi connectivity index (χ4n) is 1.93. The van der Waals surface area contributed by atoms with E-state index in [0.29, 0.717) is 10.0 Å². The van der Waals surface area contributed by atoms with E-state index < -0.39 is 5.97 Å². The molecular weight excluding hydrogens is 325 g/mol. The van der Waals surface area contributed by atoms with Crippen LogP contribution in [0.25, 0.3) is 0 Å². The molecule has 0 bridgehead atoms. The third-order valence-corrected chi connectivity index (χ3v) is 3.61. The predicted octanol–water partition coefficient (Wildman–Crippen LogP) is 4.46. The van der Waals surface area contributed by atoms with Crippen LogP contribution in [0.5, 0.6) is 0 Å². The molecule has 0 radical (unpaired) electrons.